The molecule has 0 aliphatic heterocycles. The highest BCUT2D eigenvalue weighted by Crippen LogP contribution is 2.24. The molecule has 150 valence electrons. The highest BCUT2D eigenvalue weighted by atomic mass is 19.1. The first-order valence-electron chi connectivity index (χ1n) is 9.39. The summed E-state index contributed by atoms with van der Waals surface area (Å²) in [4.78, 5) is 26.0. The highest BCUT2D eigenvalue weighted by Gasteiger charge is 2.19. The van der Waals surface area contributed by atoms with Gasteiger partial charge >= 0.3 is 0 Å². The maximum atomic E-state index is 13.4. The number of nitrogens with one attached hydrogen (secondary N) is 1. The van der Waals surface area contributed by atoms with Crippen molar-refractivity contribution in [1.82, 2.24) is 9.78 Å². The number of para-hydroxylation sites is 3. The molecule has 0 saturated heterocycles. The number of benzene rings is 3. The van der Waals surface area contributed by atoms with Gasteiger partial charge in [0.15, 0.2) is 5.69 Å². The number of halogens is 1. The Morgan fingerprint density at radius 3 is 2.50 bits per heavy atom. The minimum atomic E-state index is -0.659. The Morgan fingerprint density at radius 1 is 1.03 bits per heavy atom. The lowest BCUT2D eigenvalue weighted by molar-refractivity contribution is 0.101. The van der Waals surface area contributed by atoms with E-state index in [1.165, 1.54) is 28.9 Å². The summed E-state index contributed by atoms with van der Waals surface area (Å²) in [7, 11) is 0. The molecule has 1 amide bonds. The van der Waals surface area contributed by atoms with E-state index in [9.17, 15) is 14.0 Å². The number of hydrogen-bond donors (Lipinski definition) is 1. The Hall–Kier alpha value is -4.00. The third-order valence-corrected chi connectivity index (χ3v) is 4.51. The van der Waals surface area contributed by atoms with Crippen LogP contribution in [0.3, 0.4) is 0 Å². The first kappa shape index (κ1) is 19.3. The second kappa shape index (κ2) is 8.16. The van der Waals surface area contributed by atoms with Crippen molar-refractivity contribution in [3.05, 3.63) is 94.5 Å². The quantitative estimate of drug-likeness (QED) is 0.543. The van der Waals surface area contributed by atoms with Gasteiger partial charge in [0.2, 0.25) is 5.43 Å². The van der Waals surface area contributed by atoms with Crippen LogP contribution in [0.1, 0.15) is 17.4 Å². The number of fused-ring (bicyclic) bond motifs is 1. The van der Waals surface area contributed by atoms with E-state index in [2.05, 4.69) is 10.4 Å². The van der Waals surface area contributed by atoms with Crippen LogP contribution in [0, 0.1) is 5.82 Å². The van der Waals surface area contributed by atoms with Crippen molar-refractivity contribution in [2.45, 2.75) is 6.92 Å². The van der Waals surface area contributed by atoms with Gasteiger partial charge in [-0.25, -0.2) is 9.07 Å². The number of amides is 1. The van der Waals surface area contributed by atoms with Crippen molar-refractivity contribution >= 4 is 22.5 Å². The predicted octanol–water partition coefficient (Wildman–Crippen LogP) is 4.18. The smallest absolute Gasteiger partial charge is 0.280 e. The minimum Gasteiger partial charge on any atom is -0.492 e. The van der Waals surface area contributed by atoms with Gasteiger partial charge < -0.3 is 10.1 Å². The summed E-state index contributed by atoms with van der Waals surface area (Å²) in [5.41, 5.74) is 0.712. The fourth-order valence-corrected chi connectivity index (χ4v) is 3.14. The van der Waals surface area contributed by atoms with Gasteiger partial charge in [-0.2, -0.15) is 5.10 Å². The molecule has 3 aromatic carbocycles. The number of hydrogen-bond acceptors (Lipinski definition) is 4. The van der Waals surface area contributed by atoms with Crippen LogP contribution in [-0.2, 0) is 0 Å². The van der Waals surface area contributed by atoms with E-state index in [0.717, 1.165) is 0 Å². The predicted molar refractivity (Wildman–Crippen MR) is 113 cm³/mol. The maximum Gasteiger partial charge on any atom is 0.280 e. The number of nitrogens with zero attached hydrogens (tertiary/aromatic N) is 2. The van der Waals surface area contributed by atoms with Crippen LogP contribution in [-0.4, -0.2) is 22.3 Å². The number of carbonyl (C=O) groups is 1. The average Bonchev–Trinajstić information content (AvgIpc) is 2.76. The van der Waals surface area contributed by atoms with Crippen LogP contribution in [0.4, 0.5) is 10.1 Å². The molecule has 0 bridgehead atoms. The third-order valence-electron chi connectivity index (χ3n) is 4.51. The van der Waals surface area contributed by atoms with E-state index < -0.39 is 17.2 Å². The summed E-state index contributed by atoms with van der Waals surface area (Å²) in [6.45, 7) is 2.27. The van der Waals surface area contributed by atoms with Gasteiger partial charge in [0, 0.05) is 0 Å². The van der Waals surface area contributed by atoms with E-state index in [1.807, 2.05) is 6.92 Å². The van der Waals surface area contributed by atoms with E-state index in [4.69, 9.17) is 4.74 Å². The van der Waals surface area contributed by atoms with Crippen molar-refractivity contribution in [3.63, 3.8) is 0 Å². The zero-order valence-corrected chi connectivity index (χ0v) is 16.1. The largest absolute Gasteiger partial charge is 0.492 e. The molecule has 0 saturated carbocycles. The second-order valence-electron chi connectivity index (χ2n) is 6.47. The first-order valence-corrected chi connectivity index (χ1v) is 9.39. The van der Waals surface area contributed by atoms with Crippen LogP contribution in [0.25, 0.3) is 16.6 Å². The molecule has 6 nitrogen and oxygen atoms in total. The van der Waals surface area contributed by atoms with Gasteiger partial charge in [-0.3, -0.25) is 9.59 Å². The van der Waals surface area contributed by atoms with Gasteiger partial charge in [0.05, 0.1) is 28.9 Å². The summed E-state index contributed by atoms with van der Waals surface area (Å²) in [6, 6.07) is 19.4. The van der Waals surface area contributed by atoms with E-state index in [1.54, 1.807) is 48.5 Å². The van der Waals surface area contributed by atoms with Gasteiger partial charge in [-0.1, -0.05) is 24.3 Å². The van der Waals surface area contributed by atoms with E-state index in [0.29, 0.717) is 34.6 Å². The fraction of sp³-hybridized carbons (Fsp3) is 0.0870. The van der Waals surface area contributed by atoms with E-state index >= 15 is 0 Å². The molecule has 1 aromatic heterocycles. The average molecular weight is 403 g/mol. The van der Waals surface area contributed by atoms with Crippen LogP contribution in [0.5, 0.6) is 5.75 Å². The molecular weight excluding hydrogens is 385 g/mol. The molecule has 4 rings (SSSR count). The Labute approximate surface area is 171 Å². The van der Waals surface area contributed by atoms with Crippen molar-refractivity contribution < 1.29 is 13.9 Å². The maximum absolute atomic E-state index is 13.4. The number of ether oxygens (including phenoxy) is 1. The zero-order valence-electron chi connectivity index (χ0n) is 16.1. The van der Waals surface area contributed by atoms with Gasteiger partial charge in [-0.15, -0.1) is 0 Å². The third kappa shape index (κ3) is 3.65. The molecule has 7 heteroatoms. The molecule has 0 radical (unpaired) electrons. The van der Waals surface area contributed by atoms with Crippen LogP contribution >= 0.6 is 0 Å². The molecule has 0 atom stereocenters. The Balaban J connectivity index is 1.83. The number of rotatable bonds is 5. The second-order valence-corrected chi connectivity index (χ2v) is 6.47. The summed E-state index contributed by atoms with van der Waals surface area (Å²) >= 11 is 0. The molecule has 0 fully saturated rings. The minimum absolute atomic E-state index is 0.274. The molecule has 0 spiro atoms. The van der Waals surface area contributed by atoms with Gasteiger partial charge in [0.25, 0.3) is 5.91 Å². The summed E-state index contributed by atoms with van der Waals surface area (Å²) in [5, 5.41) is 7.34. The molecule has 0 unspecified atom stereocenters. The summed E-state index contributed by atoms with van der Waals surface area (Å²) in [5.74, 6) is -0.559. The van der Waals surface area contributed by atoms with Gasteiger partial charge in [0.1, 0.15) is 11.6 Å². The number of anilines is 1. The van der Waals surface area contributed by atoms with Crippen molar-refractivity contribution in [2.24, 2.45) is 0 Å². The number of aromatic nitrogens is 2. The summed E-state index contributed by atoms with van der Waals surface area (Å²) < 4.78 is 20.4. The van der Waals surface area contributed by atoms with Crippen molar-refractivity contribution in [1.29, 1.82) is 0 Å². The Kier molecular flexibility index (Phi) is 5.26. The standard InChI is InChI=1S/C23H18FN3O3/c1-2-30-20-10-6-4-8-18(20)25-23(29)21-22(28)17-7-3-5-9-19(17)27(26-21)16-13-11-15(24)12-14-16/h3-14H,2H2,1H3,(H,25,29). The SMILES string of the molecule is CCOc1ccccc1NC(=O)c1nn(-c2ccc(F)cc2)c2ccccc2c1=O. The lowest BCUT2D eigenvalue weighted by Crippen LogP contribution is -2.27. The zero-order chi connectivity index (χ0) is 21.1. The lowest BCUT2D eigenvalue weighted by Gasteiger charge is -2.13. The molecule has 0 aliphatic carbocycles. The number of carbonyl (C=O) groups excluding carboxylic acids is 1. The molecule has 1 N–H and O–H groups in total. The van der Waals surface area contributed by atoms with Crippen molar-refractivity contribution in [2.75, 3.05) is 11.9 Å². The Bertz CT molecular complexity index is 1280. The fourth-order valence-electron chi connectivity index (χ4n) is 3.14. The Morgan fingerprint density at radius 2 is 1.73 bits per heavy atom. The van der Waals surface area contributed by atoms with Crippen LogP contribution in [0.2, 0.25) is 0 Å². The van der Waals surface area contributed by atoms with E-state index in [-0.39, 0.29) is 5.69 Å². The molecule has 4 aromatic rings. The summed E-state index contributed by atoms with van der Waals surface area (Å²) in [6.07, 6.45) is 0. The van der Waals surface area contributed by atoms with Crippen LogP contribution < -0.4 is 15.5 Å². The molecule has 30 heavy (non-hydrogen) atoms. The monoisotopic (exact) mass is 403 g/mol. The van der Waals surface area contributed by atoms with Crippen LogP contribution in [0.15, 0.2) is 77.6 Å². The van der Waals surface area contributed by atoms with Crippen molar-refractivity contribution in [3.8, 4) is 11.4 Å². The first-order chi connectivity index (χ1) is 14.6. The topological polar surface area (TPSA) is 73.2 Å². The highest BCUT2D eigenvalue weighted by molar-refractivity contribution is 6.05. The normalized spacial score (nSPS) is 10.7. The van der Waals surface area contributed by atoms with Gasteiger partial charge in [-0.05, 0) is 55.5 Å². The molecular formula is C23H18FN3O3. The molecule has 1 heterocycles. The lowest BCUT2D eigenvalue weighted by atomic mass is 10.1. The molecule has 0 aliphatic rings.